The molecule has 4 rings (SSSR count). The highest BCUT2D eigenvalue weighted by Gasteiger charge is 2.19. The number of piperazine rings is 1. The van der Waals surface area contributed by atoms with E-state index in [9.17, 15) is 0 Å². The van der Waals surface area contributed by atoms with Gasteiger partial charge in [-0.15, -0.1) is 10.2 Å². The zero-order chi connectivity index (χ0) is 17.9. The largest absolute Gasteiger partial charge is 0.353 e. The Bertz CT molecular complexity index is 862. The number of anilines is 1. The van der Waals surface area contributed by atoms with E-state index in [1.165, 1.54) is 11.1 Å². The Morgan fingerprint density at radius 2 is 1.58 bits per heavy atom. The summed E-state index contributed by atoms with van der Waals surface area (Å²) in [5.41, 5.74) is 3.76. The van der Waals surface area contributed by atoms with E-state index in [0.29, 0.717) is 0 Å². The second kappa shape index (κ2) is 7.25. The van der Waals surface area contributed by atoms with Gasteiger partial charge in [0.2, 0.25) is 0 Å². The fraction of sp³-hybridized carbons (Fsp3) is 0.350. The zero-order valence-electron chi connectivity index (χ0n) is 15.3. The van der Waals surface area contributed by atoms with Gasteiger partial charge in [-0.2, -0.15) is 5.10 Å². The lowest BCUT2D eigenvalue weighted by Crippen LogP contribution is -2.46. The first-order chi connectivity index (χ1) is 12.7. The molecule has 3 aromatic rings. The van der Waals surface area contributed by atoms with Crippen molar-refractivity contribution in [3.63, 3.8) is 0 Å². The average molecular weight is 348 g/mol. The van der Waals surface area contributed by atoms with Crippen LogP contribution in [0, 0.1) is 13.8 Å². The third-order valence-electron chi connectivity index (χ3n) is 4.95. The molecule has 0 spiro atoms. The monoisotopic (exact) mass is 348 g/mol. The number of hydrogen-bond acceptors (Lipinski definition) is 5. The predicted octanol–water partition coefficient (Wildman–Crippen LogP) is 2.60. The van der Waals surface area contributed by atoms with Crippen molar-refractivity contribution < 1.29 is 0 Å². The predicted molar refractivity (Wildman–Crippen MR) is 103 cm³/mol. The molecule has 0 N–H and O–H groups in total. The van der Waals surface area contributed by atoms with E-state index in [4.69, 9.17) is 0 Å². The van der Waals surface area contributed by atoms with Gasteiger partial charge in [-0.3, -0.25) is 4.90 Å². The molecular weight excluding hydrogens is 324 g/mol. The first kappa shape index (κ1) is 16.7. The molecule has 1 aliphatic rings. The summed E-state index contributed by atoms with van der Waals surface area (Å²) in [7, 11) is 0. The van der Waals surface area contributed by atoms with Gasteiger partial charge in [0.1, 0.15) is 0 Å². The molecule has 1 saturated heterocycles. The lowest BCUT2D eigenvalue weighted by molar-refractivity contribution is 0.248. The molecular formula is C20H24N6. The van der Waals surface area contributed by atoms with Crippen LogP contribution >= 0.6 is 0 Å². The van der Waals surface area contributed by atoms with Crippen molar-refractivity contribution in [1.29, 1.82) is 0 Å². The second-order valence-corrected chi connectivity index (χ2v) is 6.84. The summed E-state index contributed by atoms with van der Waals surface area (Å²) >= 11 is 0. The van der Waals surface area contributed by atoms with Gasteiger partial charge in [-0.1, -0.05) is 24.3 Å². The number of rotatable bonds is 4. The van der Waals surface area contributed by atoms with Crippen LogP contribution in [0.4, 0.5) is 5.82 Å². The minimum Gasteiger partial charge on any atom is -0.353 e. The molecule has 0 unspecified atom stereocenters. The minimum atomic E-state index is 0.750. The third kappa shape index (κ3) is 3.60. The van der Waals surface area contributed by atoms with Crippen molar-refractivity contribution in [3.05, 3.63) is 65.5 Å². The molecule has 6 heteroatoms. The Morgan fingerprint density at radius 1 is 0.846 bits per heavy atom. The molecule has 2 aromatic heterocycles. The number of benzene rings is 1. The summed E-state index contributed by atoms with van der Waals surface area (Å²) in [6, 6.07) is 14.6. The van der Waals surface area contributed by atoms with E-state index in [1.807, 2.05) is 31.3 Å². The van der Waals surface area contributed by atoms with Gasteiger partial charge >= 0.3 is 0 Å². The number of aryl methyl sites for hydroxylation is 2. The van der Waals surface area contributed by atoms with Crippen molar-refractivity contribution >= 4 is 5.82 Å². The molecule has 3 heterocycles. The fourth-order valence-corrected chi connectivity index (χ4v) is 3.32. The standard InChI is InChI=1S/C20H24N6/c1-16-5-3-4-6-18(16)15-24-11-13-25(14-12-24)19-7-8-20(22-21-19)26-10-9-17(2)23-26/h3-10H,11-15H2,1-2H3. The molecule has 0 radical (unpaired) electrons. The van der Waals surface area contributed by atoms with Crippen LogP contribution in [0.25, 0.3) is 5.82 Å². The Labute approximate surface area is 154 Å². The van der Waals surface area contributed by atoms with Gasteiger partial charge in [0.15, 0.2) is 11.6 Å². The molecule has 0 amide bonds. The molecule has 1 aromatic carbocycles. The molecule has 0 atom stereocenters. The molecule has 1 fully saturated rings. The zero-order valence-corrected chi connectivity index (χ0v) is 15.3. The highest BCUT2D eigenvalue weighted by Crippen LogP contribution is 2.16. The van der Waals surface area contributed by atoms with Crippen LogP contribution in [-0.4, -0.2) is 51.1 Å². The van der Waals surface area contributed by atoms with Crippen molar-refractivity contribution in [3.8, 4) is 5.82 Å². The summed E-state index contributed by atoms with van der Waals surface area (Å²) in [5, 5.41) is 13.1. The number of hydrogen-bond donors (Lipinski definition) is 0. The van der Waals surface area contributed by atoms with Crippen molar-refractivity contribution in [2.45, 2.75) is 20.4 Å². The van der Waals surface area contributed by atoms with Gasteiger partial charge < -0.3 is 4.90 Å². The quantitative estimate of drug-likeness (QED) is 0.725. The lowest BCUT2D eigenvalue weighted by atomic mass is 10.1. The lowest BCUT2D eigenvalue weighted by Gasteiger charge is -2.35. The van der Waals surface area contributed by atoms with E-state index >= 15 is 0 Å². The Hall–Kier alpha value is -2.73. The Kier molecular flexibility index (Phi) is 4.67. The van der Waals surface area contributed by atoms with E-state index in [1.54, 1.807) is 4.68 Å². The molecule has 26 heavy (non-hydrogen) atoms. The average Bonchev–Trinajstić information content (AvgIpc) is 3.11. The first-order valence-corrected chi connectivity index (χ1v) is 9.07. The number of nitrogens with zero attached hydrogens (tertiary/aromatic N) is 6. The molecule has 0 bridgehead atoms. The van der Waals surface area contributed by atoms with E-state index in [-0.39, 0.29) is 0 Å². The van der Waals surface area contributed by atoms with Crippen LogP contribution in [0.1, 0.15) is 16.8 Å². The van der Waals surface area contributed by atoms with Crippen molar-refractivity contribution in [2.75, 3.05) is 31.1 Å². The van der Waals surface area contributed by atoms with Gasteiger partial charge in [0.25, 0.3) is 0 Å². The number of aromatic nitrogens is 4. The summed E-state index contributed by atoms with van der Waals surface area (Å²) < 4.78 is 1.76. The summed E-state index contributed by atoms with van der Waals surface area (Å²) in [6.45, 7) is 9.19. The highest BCUT2D eigenvalue weighted by atomic mass is 15.4. The molecule has 0 saturated carbocycles. The van der Waals surface area contributed by atoms with Crippen LogP contribution in [0.3, 0.4) is 0 Å². The topological polar surface area (TPSA) is 50.1 Å². The maximum Gasteiger partial charge on any atom is 0.175 e. The minimum absolute atomic E-state index is 0.750. The highest BCUT2D eigenvalue weighted by molar-refractivity contribution is 5.40. The molecule has 1 aliphatic heterocycles. The first-order valence-electron chi connectivity index (χ1n) is 9.07. The normalized spacial score (nSPS) is 15.4. The van der Waals surface area contributed by atoms with Crippen LogP contribution in [0.15, 0.2) is 48.7 Å². The van der Waals surface area contributed by atoms with E-state index < -0.39 is 0 Å². The van der Waals surface area contributed by atoms with E-state index in [0.717, 1.165) is 50.1 Å². The molecule has 0 aliphatic carbocycles. The maximum atomic E-state index is 4.41. The molecule has 134 valence electrons. The van der Waals surface area contributed by atoms with Crippen LogP contribution in [-0.2, 0) is 6.54 Å². The van der Waals surface area contributed by atoms with Crippen LogP contribution in [0.2, 0.25) is 0 Å². The Balaban J connectivity index is 1.36. The van der Waals surface area contributed by atoms with Crippen molar-refractivity contribution in [1.82, 2.24) is 24.9 Å². The summed E-state index contributed by atoms with van der Waals surface area (Å²) in [4.78, 5) is 4.81. The summed E-state index contributed by atoms with van der Waals surface area (Å²) in [5.74, 6) is 1.69. The fourth-order valence-electron chi connectivity index (χ4n) is 3.32. The van der Waals surface area contributed by atoms with Gasteiger partial charge in [0.05, 0.1) is 5.69 Å². The Morgan fingerprint density at radius 3 is 2.23 bits per heavy atom. The summed E-state index contributed by atoms with van der Waals surface area (Å²) in [6.07, 6.45) is 1.91. The van der Waals surface area contributed by atoms with Crippen molar-refractivity contribution in [2.24, 2.45) is 0 Å². The van der Waals surface area contributed by atoms with Crippen LogP contribution < -0.4 is 4.90 Å². The van der Waals surface area contributed by atoms with Gasteiger partial charge in [-0.25, -0.2) is 4.68 Å². The molecule has 6 nitrogen and oxygen atoms in total. The second-order valence-electron chi connectivity index (χ2n) is 6.84. The third-order valence-corrected chi connectivity index (χ3v) is 4.95. The van der Waals surface area contributed by atoms with E-state index in [2.05, 4.69) is 56.3 Å². The smallest absolute Gasteiger partial charge is 0.175 e. The maximum absolute atomic E-state index is 4.41. The van der Waals surface area contributed by atoms with Gasteiger partial charge in [0, 0.05) is 38.9 Å². The SMILES string of the molecule is Cc1ccn(-c2ccc(N3CCN(Cc4ccccc4C)CC3)nn2)n1. The van der Waals surface area contributed by atoms with Gasteiger partial charge in [-0.05, 0) is 43.2 Å². The van der Waals surface area contributed by atoms with Crippen LogP contribution in [0.5, 0.6) is 0 Å².